The quantitative estimate of drug-likeness (QED) is 0.265. The molecule has 7 nitrogen and oxygen atoms in total. The van der Waals surface area contributed by atoms with Crippen molar-refractivity contribution in [3.05, 3.63) is 5.82 Å². The zero-order valence-electron chi connectivity index (χ0n) is 5.55. The van der Waals surface area contributed by atoms with Gasteiger partial charge in [0.1, 0.15) is 11.5 Å². The topological polar surface area (TPSA) is 141 Å². The monoisotopic (exact) mass is 153 g/mol. The summed E-state index contributed by atoms with van der Waals surface area (Å²) in [7, 11) is 0. The summed E-state index contributed by atoms with van der Waals surface area (Å²) in [4.78, 5) is 3.60. The van der Waals surface area contributed by atoms with Crippen molar-refractivity contribution in [2.75, 3.05) is 5.73 Å². The predicted molar refractivity (Wildman–Crippen MR) is 39.5 cm³/mol. The number of hydrogen-bond donors (Lipinski definition) is 5. The van der Waals surface area contributed by atoms with Gasteiger partial charge in [-0.1, -0.05) is 0 Å². The number of nitrogen functional groups attached to an aromatic ring is 1. The van der Waals surface area contributed by atoms with E-state index in [0.717, 1.165) is 0 Å². The summed E-state index contributed by atoms with van der Waals surface area (Å²) < 4.78 is 0. The standard InChI is InChI=1S/C4H7N7/c5-1(2(6)7)3-9-4(8)11-10-3/h5H,(H3,6,7)(H3,8,9,10,11). The van der Waals surface area contributed by atoms with E-state index in [-0.39, 0.29) is 23.3 Å². The van der Waals surface area contributed by atoms with Gasteiger partial charge in [0.05, 0.1) is 0 Å². The molecule has 0 radical (unpaired) electrons. The molecule has 0 amide bonds. The van der Waals surface area contributed by atoms with E-state index in [1.165, 1.54) is 0 Å². The number of H-pyrrole nitrogens is 1. The Morgan fingerprint density at radius 2 is 2.09 bits per heavy atom. The summed E-state index contributed by atoms with van der Waals surface area (Å²) >= 11 is 0. The number of nitrogens with zero attached hydrogens (tertiary/aromatic N) is 2. The smallest absolute Gasteiger partial charge is 0.239 e. The van der Waals surface area contributed by atoms with Gasteiger partial charge in [-0.05, 0) is 0 Å². The first kappa shape index (κ1) is 7.19. The van der Waals surface area contributed by atoms with Crippen molar-refractivity contribution in [3.63, 3.8) is 0 Å². The second-order valence-electron chi connectivity index (χ2n) is 1.83. The van der Waals surface area contributed by atoms with E-state index in [1.807, 2.05) is 0 Å². The van der Waals surface area contributed by atoms with Gasteiger partial charge < -0.3 is 11.5 Å². The highest BCUT2D eigenvalue weighted by atomic mass is 15.3. The lowest BCUT2D eigenvalue weighted by atomic mass is 10.3. The van der Waals surface area contributed by atoms with Crippen LogP contribution in [0.4, 0.5) is 5.95 Å². The first-order valence-electron chi connectivity index (χ1n) is 2.72. The Balaban J connectivity index is 2.94. The fourth-order valence-corrected chi connectivity index (χ4v) is 0.514. The molecule has 0 fully saturated rings. The van der Waals surface area contributed by atoms with Crippen molar-refractivity contribution in [2.45, 2.75) is 0 Å². The molecule has 0 unspecified atom stereocenters. The molecule has 7 heteroatoms. The van der Waals surface area contributed by atoms with Crippen LogP contribution >= 0.6 is 0 Å². The van der Waals surface area contributed by atoms with Crippen LogP contribution in [0.1, 0.15) is 5.82 Å². The van der Waals surface area contributed by atoms with Gasteiger partial charge in [0.15, 0.2) is 5.82 Å². The molecule has 11 heavy (non-hydrogen) atoms. The Bertz CT molecular complexity index is 297. The van der Waals surface area contributed by atoms with E-state index in [4.69, 9.17) is 22.3 Å². The lowest BCUT2D eigenvalue weighted by molar-refractivity contribution is 1.08. The zero-order valence-corrected chi connectivity index (χ0v) is 5.55. The highest BCUT2D eigenvalue weighted by Crippen LogP contribution is 1.93. The molecule has 0 aliphatic carbocycles. The highest BCUT2D eigenvalue weighted by molar-refractivity contribution is 6.43. The van der Waals surface area contributed by atoms with E-state index in [9.17, 15) is 0 Å². The molecule has 0 aliphatic rings. The lowest BCUT2D eigenvalue weighted by Crippen LogP contribution is -2.23. The fourth-order valence-electron chi connectivity index (χ4n) is 0.514. The summed E-state index contributed by atoms with van der Waals surface area (Å²) in [6.07, 6.45) is 0. The van der Waals surface area contributed by atoms with Crippen molar-refractivity contribution in [3.8, 4) is 0 Å². The maximum atomic E-state index is 7.16. The Kier molecular flexibility index (Phi) is 1.55. The molecule has 0 saturated heterocycles. The van der Waals surface area contributed by atoms with Crippen LogP contribution in [0.3, 0.4) is 0 Å². The summed E-state index contributed by atoms with van der Waals surface area (Å²) in [6.45, 7) is 0. The van der Waals surface area contributed by atoms with Gasteiger partial charge in [-0.3, -0.25) is 15.9 Å². The minimum atomic E-state index is -0.374. The van der Waals surface area contributed by atoms with Crippen LogP contribution in [-0.4, -0.2) is 26.7 Å². The molecule has 7 N–H and O–H groups in total. The van der Waals surface area contributed by atoms with Crippen molar-refractivity contribution in [2.24, 2.45) is 5.73 Å². The van der Waals surface area contributed by atoms with Crippen LogP contribution in [0.15, 0.2) is 0 Å². The van der Waals surface area contributed by atoms with Crippen LogP contribution in [-0.2, 0) is 0 Å². The van der Waals surface area contributed by atoms with Crippen LogP contribution in [0.5, 0.6) is 0 Å². The van der Waals surface area contributed by atoms with Crippen LogP contribution in [0.2, 0.25) is 0 Å². The van der Waals surface area contributed by atoms with E-state index in [2.05, 4.69) is 15.2 Å². The molecular formula is C4H7N7. The Labute approximate surface area is 61.8 Å². The minimum absolute atomic E-state index is 0.0333. The van der Waals surface area contributed by atoms with Crippen molar-refractivity contribution < 1.29 is 0 Å². The number of rotatable bonds is 2. The molecule has 0 aliphatic heterocycles. The van der Waals surface area contributed by atoms with E-state index >= 15 is 0 Å². The van der Waals surface area contributed by atoms with Crippen LogP contribution in [0, 0.1) is 10.8 Å². The minimum Gasteiger partial charge on any atom is -0.382 e. The number of nitrogens with two attached hydrogens (primary N) is 2. The molecule has 1 aromatic heterocycles. The molecule has 0 spiro atoms. The zero-order chi connectivity index (χ0) is 8.43. The number of amidine groups is 1. The fraction of sp³-hybridized carbons (Fsp3) is 0. The number of anilines is 1. The maximum Gasteiger partial charge on any atom is 0.239 e. The van der Waals surface area contributed by atoms with Gasteiger partial charge in [-0.15, -0.1) is 5.10 Å². The van der Waals surface area contributed by atoms with E-state index < -0.39 is 0 Å². The van der Waals surface area contributed by atoms with Gasteiger partial charge in [0.25, 0.3) is 0 Å². The Morgan fingerprint density at radius 1 is 1.45 bits per heavy atom. The molecular weight excluding hydrogens is 146 g/mol. The maximum absolute atomic E-state index is 7.16. The lowest BCUT2D eigenvalue weighted by Gasteiger charge is -1.92. The van der Waals surface area contributed by atoms with Gasteiger partial charge >= 0.3 is 0 Å². The number of aromatic amines is 1. The molecule has 0 atom stereocenters. The molecule has 0 saturated carbocycles. The molecule has 58 valence electrons. The average Bonchev–Trinajstić information content (AvgIpc) is 2.34. The van der Waals surface area contributed by atoms with Crippen LogP contribution < -0.4 is 11.5 Å². The van der Waals surface area contributed by atoms with Crippen molar-refractivity contribution in [1.82, 2.24) is 15.2 Å². The third-order valence-corrected chi connectivity index (χ3v) is 1.01. The van der Waals surface area contributed by atoms with Gasteiger partial charge in [0.2, 0.25) is 5.95 Å². The second kappa shape index (κ2) is 2.37. The van der Waals surface area contributed by atoms with E-state index in [0.29, 0.717) is 0 Å². The first-order valence-corrected chi connectivity index (χ1v) is 2.72. The summed E-state index contributed by atoms with van der Waals surface area (Å²) in [5.74, 6) is -0.234. The molecule has 0 bridgehead atoms. The number of hydrogen-bond acceptors (Lipinski definition) is 5. The number of aromatic nitrogens is 3. The largest absolute Gasteiger partial charge is 0.382 e. The molecule has 0 aromatic carbocycles. The molecule has 1 rings (SSSR count). The second-order valence-corrected chi connectivity index (χ2v) is 1.83. The van der Waals surface area contributed by atoms with Gasteiger partial charge in [0, 0.05) is 0 Å². The Hall–Kier alpha value is -1.92. The number of nitrogens with one attached hydrogen (secondary N) is 3. The van der Waals surface area contributed by atoms with Gasteiger partial charge in [-0.2, -0.15) is 4.98 Å². The molecule has 1 heterocycles. The normalized spacial score (nSPS) is 9.45. The molecule has 1 aromatic rings. The summed E-state index contributed by atoms with van der Waals surface area (Å²) in [5, 5.41) is 19.9. The SMILES string of the molecule is N=C(N)C(=N)c1nc(N)n[nH]1. The third kappa shape index (κ3) is 1.31. The van der Waals surface area contributed by atoms with Crippen LogP contribution in [0.25, 0.3) is 0 Å². The summed E-state index contributed by atoms with van der Waals surface area (Å²) in [5.41, 5.74) is 9.95. The van der Waals surface area contributed by atoms with Crippen molar-refractivity contribution >= 4 is 17.5 Å². The van der Waals surface area contributed by atoms with Crippen molar-refractivity contribution in [1.29, 1.82) is 10.8 Å². The Morgan fingerprint density at radius 3 is 2.45 bits per heavy atom. The third-order valence-electron chi connectivity index (χ3n) is 1.01. The average molecular weight is 153 g/mol. The van der Waals surface area contributed by atoms with E-state index in [1.54, 1.807) is 0 Å². The first-order chi connectivity index (χ1) is 5.11. The predicted octanol–water partition coefficient (Wildman–Crippen LogP) is -1.31. The van der Waals surface area contributed by atoms with Gasteiger partial charge in [-0.25, -0.2) is 0 Å². The summed E-state index contributed by atoms with van der Waals surface area (Å²) in [6, 6.07) is 0. The highest BCUT2D eigenvalue weighted by Gasteiger charge is 2.08.